The summed E-state index contributed by atoms with van der Waals surface area (Å²) in [6.07, 6.45) is 8.32. The average Bonchev–Trinajstić information content (AvgIpc) is 2.60. The molecular formula is C23H17NO2. The van der Waals surface area contributed by atoms with Gasteiger partial charge in [0.25, 0.3) is 0 Å². The van der Waals surface area contributed by atoms with Gasteiger partial charge in [0.05, 0.1) is 5.56 Å². The molecule has 126 valence electrons. The quantitative estimate of drug-likeness (QED) is 0.447. The molecular weight excluding hydrogens is 322 g/mol. The molecule has 0 amide bonds. The average molecular weight is 339 g/mol. The summed E-state index contributed by atoms with van der Waals surface area (Å²) in [4.78, 5) is 0. The summed E-state index contributed by atoms with van der Waals surface area (Å²) in [5.41, 5.74) is 11.7. The van der Waals surface area contributed by atoms with Crippen LogP contribution in [-0.4, -0.2) is 0 Å². The van der Waals surface area contributed by atoms with E-state index in [0.29, 0.717) is 6.54 Å². The third kappa shape index (κ3) is 2.50. The van der Waals surface area contributed by atoms with E-state index >= 15 is 0 Å². The van der Waals surface area contributed by atoms with Crippen LogP contribution in [0.3, 0.4) is 0 Å². The lowest BCUT2D eigenvalue weighted by Crippen LogP contribution is -2.03. The van der Waals surface area contributed by atoms with Crippen LogP contribution in [0.15, 0.2) is 54.6 Å². The Hall–Kier alpha value is -3.30. The second-order valence-electron chi connectivity index (χ2n) is 6.39. The van der Waals surface area contributed by atoms with Crippen LogP contribution >= 0.6 is 0 Å². The normalized spacial score (nSPS) is 12.7. The summed E-state index contributed by atoms with van der Waals surface area (Å²) in [5.74, 6) is 3.03. The molecule has 0 aromatic heterocycles. The molecule has 0 saturated carbocycles. The highest BCUT2D eigenvalue weighted by atomic mass is 16.5. The van der Waals surface area contributed by atoms with Crippen LogP contribution in [0, 0.1) is 0 Å². The summed E-state index contributed by atoms with van der Waals surface area (Å²) in [6, 6.07) is 17.9. The lowest BCUT2D eigenvalue weighted by Gasteiger charge is -2.17. The Balaban J connectivity index is 1.44. The van der Waals surface area contributed by atoms with Gasteiger partial charge in [-0.2, -0.15) is 0 Å². The molecule has 5 rings (SSSR count). The van der Waals surface area contributed by atoms with Gasteiger partial charge in [-0.1, -0.05) is 42.5 Å². The Morgan fingerprint density at radius 2 is 1.12 bits per heavy atom. The van der Waals surface area contributed by atoms with Crippen LogP contribution in [0.5, 0.6) is 23.0 Å². The van der Waals surface area contributed by atoms with Crippen LogP contribution in [0.2, 0.25) is 0 Å². The molecule has 3 aromatic carbocycles. The zero-order chi connectivity index (χ0) is 17.5. The molecule has 3 heteroatoms. The zero-order valence-corrected chi connectivity index (χ0v) is 14.1. The van der Waals surface area contributed by atoms with E-state index in [1.807, 2.05) is 42.5 Å². The molecule has 2 aliphatic carbocycles. The third-order valence-electron chi connectivity index (χ3n) is 4.75. The second kappa shape index (κ2) is 5.90. The van der Waals surface area contributed by atoms with Crippen LogP contribution in [0.4, 0.5) is 0 Å². The summed E-state index contributed by atoms with van der Waals surface area (Å²) in [6.45, 7) is 0.335. The van der Waals surface area contributed by atoms with Crippen molar-refractivity contribution in [3.63, 3.8) is 0 Å². The molecule has 0 radical (unpaired) electrons. The van der Waals surface area contributed by atoms with E-state index < -0.39 is 0 Å². The molecule has 0 bridgehead atoms. The molecule has 0 aliphatic heterocycles. The molecule has 2 aliphatic rings. The van der Waals surface area contributed by atoms with Crippen molar-refractivity contribution in [2.24, 2.45) is 5.73 Å². The molecule has 0 fully saturated rings. The van der Waals surface area contributed by atoms with E-state index in [-0.39, 0.29) is 0 Å². The first kappa shape index (κ1) is 15.0. The molecule has 3 nitrogen and oxygen atoms in total. The number of fused-ring (bicyclic) bond motifs is 2. The Bertz CT molecular complexity index is 998. The molecule has 0 atom stereocenters. The number of nitrogens with two attached hydrogens (primary N) is 1. The number of ether oxygens (including phenoxy) is 2. The van der Waals surface area contributed by atoms with Crippen molar-refractivity contribution in [3.8, 4) is 23.0 Å². The van der Waals surface area contributed by atoms with Crippen LogP contribution < -0.4 is 15.2 Å². The smallest absolute Gasteiger partial charge is 0.135 e. The van der Waals surface area contributed by atoms with Gasteiger partial charge in [-0.25, -0.2) is 0 Å². The highest BCUT2D eigenvalue weighted by Gasteiger charge is 2.14. The lowest BCUT2D eigenvalue weighted by atomic mass is 9.98. The summed E-state index contributed by atoms with van der Waals surface area (Å²) in [7, 11) is 0. The van der Waals surface area contributed by atoms with Crippen molar-refractivity contribution in [3.05, 3.63) is 82.4 Å². The lowest BCUT2D eigenvalue weighted by molar-refractivity contribution is 0.449. The minimum atomic E-state index is 0.335. The maximum atomic E-state index is 6.10. The molecule has 3 aromatic rings. The maximum Gasteiger partial charge on any atom is 0.135 e. The summed E-state index contributed by atoms with van der Waals surface area (Å²) in [5, 5.41) is 0. The van der Waals surface area contributed by atoms with Crippen LogP contribution in [0.25, 0.3) is 24.3 Å². The fourth-order valence-corrected chi connectivity index (χ4v) is 3.18. The number of hydrogen-bond acceptors (Lipinski definition) is 3. The Morgan fingerprint density at radius 3 is 1.50 bits per heavy atom. The predicted octanol–water partition coefficient (Wildman–Crippen LogP) is 5.70. The van der Waals surface area contributed by atoms with E-state index in [4.69, 9.17) is 15.2 Å². The Morgan fingerprint density at radius 1 is 0.615 bits per heavy atom. The molecule has 0 spiro atoms. The SMILES string of the molecule is NCc1c(Oc2ccc3c(c2)C=C3)cccc1Oc1ccc2c(c1)C=C2. The van der Waals surface area contributed by atoms with E-state index in [9.17, 15) is 0 Å². The highest BCUT2D eigenvalue weighted by Crippen LogP contribution is 2.37. The monoisotopic (exact) mass is 339 g/mol. The molecule has 0 saturated heterocycles. The first-order valence-electron chi connectivity index (χ1n) is 8.62. The van der Waals surface area contributed by atoms with Gasteiger partial charge in [-0.3, -0.25) is 0 Å². The van der Waals surface area contributed by atoms with Gasteiger partial charge in [0.15, 0.2) is 0 Å². The van der Waals surface area contributed by atoms with Crippen molar-refractivity contribution in [1.82, 2.24) is 0 Å². The van der Waals surface area contributed by atoms with E-state index in [2.05, 4.69) is 36.4 Å². The first-order chi connectivity index (χ1) is 12.8. The van der Waals surface area contributed by atoms with Crippen molar-refractivity contribution < 1.29 is 9.47 Å². The molecule has 2 N–H and O–H groups in total. The fourth-order valence-electron chi connectivity index (χ4n) is 3.18. The van der Waals surface area contributed by atoms with Gasteiger partial charge in [0.2, 0.25) is 0 Å². The van der Waals surface area contributed by atoms with Gasteiger partial charge in [0.1, 0.15) is 23.0 Å². The van der Waals surface area contributed by atoms with Crippen LogP contribution in [0.1, 0.15) is 27.8 Å². The first-order valence-corrected chi connectivity index (χ1v) is 8.62. The van der Waals surface area contributed by atoms with Crippen molar-refractivity contribution in [2.75, 3.05) is 0 Å². The van der Waals surface area contributed by atoms with Gasteiger partial charge in [-0.05, 0) is 58.7 Å². The van der Waals surface area contributed by atoms with Crippen molar-refractivity contribution >= 4 is 24.3 Å². The van der Waals surface area contributed by atoms with Gasteiger partial charge in [0, 0.05) is 6.54 Å². The predicted molar refractivity (Wildman–Crippen MR) is 105 cm³/mol. The molecule has 0 unspecified atom stereocenters. The fraction of sp³-hybridized carbons (Fsp3) is 0.0435. The minimum Gasteiger partial charge on any atom is -0.457 e. The van der Waals surface area contributed by atoms with Crippen LogP contribution in [-0.2, 0) is 6.54 Å². The summed E-state index contributed by atoms with van der Waals surface area (Å²) < 4.78 is 12.2. The Labute approximate surface area is 152 Å². The highest BCUT2D eigenvalue weighted by molar-refractivity contribution is 5.86. The number of hydrogen-bond donors (Lipinski definition) is 1. The van der Waals surface area contributed by atoms with Crippen molar-refractivity contribution in [1.29, 1.82) is 0 Å². The van der Waals surface area contributed by atoms with E-state index in [0.717, 1.165) is 28.6 Å². The van der Waals surface area contributed by atoms with E-state index in [1.165, 1.54) is 22.3 Å². The van der Waals surface area contributed by atoms with Gasteiger partial charge in [-0.15, -0.1) is 0 Å². The van der Waals surface area contributed by atoms with Gasteiger partial charge < -0.3 is 15.2 Å². The standard InChI is InChI=1S/C23H17NO2/c24-14-21-22(25-19-10-8-15-4-6-17(15)12-19)2-1-3-23(21)26-20-11-9-16-5-7-18(16)13-20/h1-13H,14,24H2. The second-order valence-corrected chi connectivity index (χ2v) is 6.39. The number of rotatable bonds is 5. The Kier molecular flexibility index (Phi) is 3.40. The maximum absolute atomic E-state index is 6.10. The largest absolute Gasteiger partial charge is 0.457 e. The minimum absolute atomic E-state index is 0.335. The topological polar surface area (TPSA) is 44.5 Å². The zero-order valence-electron chi connectivity index (χ0n) is 14.1. The number of benzene rings is 3. The molecule has 0 heterocycles. The van der Waals surface area contributed by atoms with E-state index in [1.54, 1.807) is 0 Å². The van der Waals surface area contributed by atoms with Crippen molar-refractivity contribution in [2.45, 2.75) is 6.54 Å². The van der Waals surface area contributed by atoms with Gasteiger partial charge >= 0.3 is 0 Å². The molecule has 26 heavy (non-hydrogen) atoms. The third-order valence-corrected chi connectivity index (χ3v) is 4.75. The summed E-state index contributed by atoms with van der Waals surface area (Å²) >= 11 is 0.